The highest BCUT2D eigenvalue weighted by Gasteiger charge is 2.11. The Balaban J connectivity index is 1.41. The minimum absolute atomic E-state index is 0.181. The Kier molecular flexibility index (Phi) is 7.94. The Morgan fingerprint density at radius 2 is 1.97 bits per heavy atom. The molecule has 0 spiro atoms. The number of aromatic amines is 1. The van der Waals surface area contributed by atoms with Crippen LogP contribution in [0.1, 0.15) is 36.8 Å². The van der Waals surface area contributed by atoms with Gasteiger partial charge in [-0.25, -0.2) is 0 Å². The van der Waals surface area contributed by atoms with E-state index >= 15 is 0 Å². The predicted molar refractivity (Wildman–Crippen MR) is 135 cm³/mol. The first-order valence-electron chi connectivity index (χ1n) is 11.6. The standard InChI is InChI=1S/C26H29ClN4O3/c1-33-24-14-21(7-6-18(24)16-28)29-17-20-12-19-13-22(27)25(15-23(19)30-26(20)32)34-11-5-10-31-8-3-2-4-9-31/h6-7,12-15,29H,2-5,8-11,17H2,1H3,(H,30,32). The van der Waals surface area contributed by atoms with Crippen molar-refractivity contribution >= 4 is 28.2 Å². The van der Waals surface area contributed by atoms with E-state index in [0.717, 1.165) is 24.0 Å². The van der Waals surface area contributed by atoms with Crippen LogP contribution in [-0.4, -0.2) is 43.2 Å². The van der Waals surface area contributed by atoms with Crippen LogP contribution in [0.4, 0.5) is 5.69 Å². The molecule has 0 atom stereocenters. The maximum absolute atomic E-state index is 12.7. The largest absolute Gasteiger partial charge is 0.495 e. The molecule has 2 N–H and O–H groups in total. The van der Waals surface area contributed by atoms with Gasteiger partial charge in [0, 0.05) is 41.9 Å². The van der Waals surface area contributed by atoms with Gasteiger partial charge in [-0.05, 0) is 56.6 Å². The van der Waals surface area contributed by atoms with Crippen LogP contribution in [0, 0.1) is 11.3 Å². The lowest BCUT2D eigenvalue weighted by atomic mass is 10.1. The van der Waals surface area contributed by atoms with Crippen LogP contribution in [0.3, 0.4) is 0 Å². The lowest BCUT2D eigenvalue weighted by Crippen LogP contribution is -2.31. The number of ether oxygens (including phenoxy) is 2. The third-order valence-electron chi connectivity index (χ3n) is 6.10. The zero-order chi connectivity index (χ0) is 23.9. The fourth-order valence-corrected chi connectivity index (χ4v) is 4.46. The van der Waals surface area contributed by atoms with E-state index in [-0.39, 0.29) is 5.56 Å². The monoisotopic (exact) mass is 480 g/mol. The fraction of sp³-hybridized carbons (Fsp3) is 0.385. The fourth-order valence-electron chi connectivity index (χ4n) is 4.24. The van der Waals surface area contributed by atoms with Gasteiger partial charge in [-0.1, -0.05) is 18.0 Å². The van der Waals surface area contributed by atoms with Crippen molar-refractivity contribution in [2.45, 2.75) is 32.2 Å². The van der Waals surface area contributed by atoms with Crippen molar-refractivity contribution in [1.82, 2.24) is 9.88 Å². The van der Waals surface area contributed by atoms with E-state index < -0.39 is 0 Å². The summed E-state index contributed by atoms with van der Waals surface area (Å²) in [7, 11) is 1.52. The average molecular weight is 481 g/mol. The molecular formula is C26H29ClN4O3. The molecule has 1 aliphatic rings. The molecule has 7 nitrogen and oxygen atoms in total. The number of rotatable bonds is 9. The van der Waals surface area contributed by atoms with E-state index in [9.17, 15) is 4.79 Å². The Bertz CT molecular complexity index is 1250. The number of aromatic nitrogens is 1. The molecule has 2 aromatic carbocycles. The highest BCUT2D eigenvalue weighted by Crippen LogP contribution is 2.29. The molecular weight excluding hydrogens is 452 g/mol. The lowest BCUT2D eigenvalue weighted by Gasteiger charge is -2.26. The normalized spacial score (nSPS) is 14.0. The summed E-state index contributed by atoms with van der Waals surface area (Å²) in [5.41, 5.74) is 2.28. The number of anilines is 1. The number of nitriles is 1. The van der Waals surface area contributed by atoms with Gasteiger partial charge in [0.1, 0.15) is 17.6 Å². The van der Waals surface area contributed by atoms with E-state index in [2.05, 4.69) is 21.3 Å². The number of pyridine rings is 1. The highest BCUT2D eigenvalue weighted by molar-refractivity contribution is 6.32. The van der Waals surface area contributed by atoms with Crippen molar-refractivity contribution in [2.75, 3.05) is 38.7 Å². The van der Waals surface area contributed by atoms with Gasteiger partial charge in [-0.3, -0.25) is 4.79 Å². The van der Waals surface area contributed by atoms with E-state index in [0.29, 0.717) is 46.3 Å². The van der Waals surface area contributed by atoms with Gasteiger partial charge < -0.3 is 24.7 Å². The summed E-state index contributed by atoms with van der Waals surface area (Å²) in [6, 6.07) is 12.7. The Labute approximate surface area is 204 Å². The van der Waals surface area contributed by atoms with Crippen LogP contribution in [-0.2, 0) is 6.54 Å². The number of halogens is 1. The summed E-state index contributed by atoms with van der Waals surface area (Å²) in [5.74, 6) is 1.06. The van der Waals surface area contributed by atoms with E-state index in [4.69, 9.17) is 26.3 Å². The van der Waals surface area contributed by atoms with Crippen molar-refractivity contribution in [2.24, 2.45) is 0 Å². The van der Waals surface area contributed by atoms with Gasteiger partial charge in [-0.15, -0.1) is 0 Å². The number of methoxy groups -OCH3 is 1. The smallest absolute Gasteiger partial charge is 0.253 e. The maximum atomic E-state index is 12.7. The first-order valence-corrected chi connectivity index (χ1v) is 12.0. The number of benzene rings is 2. The Hall–Kier alpha value is -3.21. The first-order chi connectivity index (χ1) is 16.6. The molecule has 0 amide bonds. The van der Waals surface area contributed by atoms with Gasteiger partial charge in [0.2, 0.25) is 0 Å². The van der Waals surface area contributed by atoms with Gasteiger partial charge in [-0.2, -0.15) is 5.26 Å². The van der Waals surface area contributed by atoms with Crippen molar-refractivity contribution in [3.63, 3.8) is 0 Å². The van der Waals surface area contributed by atoms with Crippen molar-refractivity contribution in [3.05, 3.63) is 62.9 Å². The molecule has 2 heterocycles. The average Bonchev–Trinajstić information content (AvgIpc) is 2.86. The van der Waals surface area contributed by atoms with Crippen LogP contribution < -0.4 is 20.3 Å². The second-order valence-electron chi connectivity index (χ2n) is 8.48. The molecule has 178 valence electrons. The molecule has 1 aliphatic heterocycles. The molecule has 1 aromatic heterocycles. The second kappa shape index (κ2) is 11.3. The molecule has 0 unspecified atom stereocenters. The van der Waals surface area contributed by atoms with Crippen molar-refractivity contribution < 1.29 is 9.47 Å². The summed E-state index contributed by atoms with van der Waals surface area (Å²) in [6.07, 6.45) is 4.84. The topological polar surface area (TPSA) is 90.4 Å². The van der Waals surface area contributed by atoms with Crippen LogP contribution in [0.2, 0.25) is 5.02 Å². The zero-order valence-corrected chi connectivity index (χ0v) is 20.1. The van der Waals surface area contributed by atoms with Crippen LogP contribution in [0.25, 0.3) is 10.9 Å². The highest BCUT2D eigenvalue weighted by atomic mass is 35.5. The summed E-state index contributed by atoms with van der Waals surface area (Å²) in [4.78, 5) is 18.1. The molecule has 0 aliphatic carbocycles. The van der Waals surface area contributed by atoms with Gasteiger partial charge >= 0.3 is 0 Å². The molecule has 1 saturated heterocycles. The molecule has 34 heavy (non-hydrogen) atoms. The number of fused-ring (bicyclic) bond motifs is 1. The van der Waals surface area contributed by atoms with E-state index in [1.54, 1.807) is 24.3 Å². The third-order valence-corrected chi connectivity index (χ3v) is 6.40. The molecule has 0 saturated carbocycles. The zero-order valence-electron chi connectivity index (χ0n) is 19.3. The number of H-pyrrole nitrogens is 1. The number of piperidine rings is 1. The Morgan fingerprint density at radius 1 is 1.15 bits per heavy atom. The maximum Gasteiger partial charge on any atom is 0.253 e. The van der Waals surface area contributed by atoms with E-state index in [1.807, 2.05) is 12.1 Å². The summed E-state index contributed by atoms with van der Waals surface area (Å²) in [6.45, 7) is 4.28. The Morgan fingerprint density at radius 3 is 2.74 bits per heavy atom. The van der Waals surface area contributed by atoms with Gasteiger partial charge in [0.25, 0.3) is 5.56 Å². The predicted octanol–water partition coefficient (Wildman–Crippen LogP) is 4.93. The first kappa shape index (κ1) is 23.9. The van der Waals surface area contributed by atoms with Gasteiger partial charge in [0.15, 0.2) is 0 Å². The number of likely N-dealkylation sites (tertiary alicyclic amines) is 1. The quantitative estimate of drug-likeness (QED) is 0.422. The van der Waals surface area contributed by atoms with Crippen LogP contribution in [0.5, 0.6) is 11.5 Å². The third kappa shape index (κ3) is 5.82. The molecule has 0 radical (unpaired) electrons. The molecule has 0 bridgehead atoms. The van der Waals surface area contributed by atoms with Crippen molar-refractivity contribution in [3.8, 4) is 17.6 Å². The molecule has 8 heteroatoms. The number of nitrogens with one attached hydrogen (secondary N) is 2. The van der Waals surface area contributed by atoms with E-state index in [1.165, 1.54) is 39.5 Å². The summed E-state index contributed by atoms with van der Waals surface area (Å²) >= 11 is 6.47. The van der Waals surface area contributed by atoms with Crippen molar-refractivity contribution in [1.29, 1.82) is 5.26 Å². The SMILES string of the molecule is COc1cc(NCc2cc3cc(Cl)c(OCCCN4CCCCC4)cc3[nH]c2=O)ccc1C#N. The van der Waals surface area contributed by atoms with Crippen LogP contribution >= 0.6 is 11.6 Å². The molecule has 3 aromatic rings. The minimum atomic E-state index is -0.181. The van der Waals surface area contributed by atoms with Crippen LogP contribution in [0.15, 0.2) is 41.2 Å². The molecule has 1 fully saturated rings. The number of hydrogen-bond donors (Lipinski definition) is 2. The summed E-state index contributed by atoms with van der Waals surface area (Å²) in [5, 5.41) is 13.7. The second-order valence-corrected chi connectivity index (χ2v) is 8.89. The minimum Gasteiger partial charge on any atom is -0.495 e. The molecule has 4 rings (SSSR count). The number of hydrogen-bond acceptors (Lipinski definition) is 6. The lowest BCUT2D eigenvalue weighted by molar-refractivity contribution is 0.205. The number of nitrogens with zero attached hydrogens (tertiary/aromatic N) is 2. The van der Waals surface area contributed by atoms with Gasteiger partial charge in [0.05, 0.1) is 29.8 Å². The summed E-state index contributed by atoms with van der Waals surface area (Å²) < 4.78 is 11.2.